The van der Waals surface area contributed by atoms with Gasteiger partial charge in [-0.2, -0.15) is 0 Å². The Morgan fingerprint density at radius 3 is 2.40 bits per heavy atom. The number of rotatable bonds is 7. The highest BCUT2D eigenvalue weighted by Gasteiger charge is 2.20. The van der Waals surface area contributed by atoms with Crippen LogP contribution in [0.1, 0.15) is 29.8 Å². The summed E-state index contributed by atoms with van der Waals surface area (Å²) in [6.07, 6.45) is -0.634. The highest BCUT2D eigenvalue weighted by Crippen LogP contribution is 2.16. The van der Waals surface area contributed by atoms with E-state index in [4.69, 9.17) is 9.47 Å². The van der Waals surface area contributed by atoms with Gasteiger partial charge < -0.3 is 14.8 Å². The molecule has 20 heavy (non-hydrogen) atoms. The molecule has 0 atom stereocenters. The number of benzene rings is 1. The quantitative estimate of drug-likeness (QED) is 0.783. The summed E-state index contributed by atoms with van der Waals surface area (Å²) in [5, 5.41) is 2.41. The fourth-order valence-corrected chi connectivity index (χ4v) is 1.67. The molecule has 1 N–H and O–H groups in total. The van der Waals surface area contributed by atoms with Crippen molar-refractivity contribution in [3.8, 4) is 0 Å². The highest BCUT2D eigenvalue weighted by atomic mass is 19.1. The van der Waals surface area contributed by atoms with Gasteiger partial charge in [-0.3, -0.25) is 4.79 Å². The van der Waals surface area contributed by atoms with E-state index in [2.05, 4.69) is 5.32 Å². The van der Waals surface area contributed by atoms with Crippen LogP contribution in [0.4, 0.5) is 8.78 Å². The van der Waals surface area contributed by atoms with E-state index < -0.39 is 29.4 Å². The molecular weight excluding hydrogens is 268 g/mol. The first kappa shape index (κ1) is 16.5. The first-order valence-electron chi connectivity index (χ1n) is 6.47. The van der Waals surface area contributed by atoms with E-state index in [0.29, 0.717) is 13.2 Å². The Balaban J connectivity index is 2.74. The first-order valence-corrected chi connectivity index (χ1v) is 6.47. The molecule has 1 aromatic carbocycles. The van der Waals surface area contributed by atoms with Crippen LogP contribution in [0, 0.1) is 18.6 Å². The summed E-state index contributed by atoms with van der Waals surface area (Å²) in [6, 6.07) is 2.35. The van der Waals surface area contributed by atoms with E-state index in [0.717, 1.165) is 6.07 Å². The first-order chi connectivity index (χ1) is 9.51. The molecule has 0 aliphatic carbocycles. The van der Waals surface area contributed by atoms with Crippen molar-refractivity contribution in [3.05, 3.63) is 34.9 Å². The van der Waals surface area contributed by atoms with Crippen LogP contribution in [0.2, 0.25) is 0 Å². The van der Waals surface area contributed by atoms with E-state index in [1.165, 1.54) is 13.0 Å². The predicted octanol–water partition coefficient (Wildman–Crippen LogP) is 2.40. The Kier molecular flexibility index (Phi) is 6.54. The number of hydrogen-bond acceptors (Lipinski definition) is 3. The van der Waals surface area contributed by atoms with Crippen molar-refractivity contribution in [2.24, 2.45) is 0 Å². The number of carbonyl (C=O) groups is 1. The van der Waals surface area contributed by atoms with Gasteiger partial charge in [-0.05, 0) is 32.4 Å². The van der Waals surface area contributed by atoms with Crippen molar-refractivity contribution in [2.75, 3.05) is 19.8 Å². The number of hydrogen-bond donors (Lipinski definition) is 1. The number of aryl methyl sites for hydroxylation is 1. The fourth-order valence-electron chi connectivity index (χ4n) is 1.67. The third-order valence-electron chi connectivity index (χ3n) is 2.65. The molecule has 0 unspecified atom stereocenters. The monoisotopic (exact) mass is 287 g/mol. The molecule has 112 valence electrons. The fraction of sp³-hybridized carbons (Fsp3) is 0.500. The molecule has 0 fully saturated rings. The lowest BCUT2D eigenvalue weighted by molar-refractivity contribution is -0.131. The van der Waals surface area contributed by atoms with Gasteiger partial charge >= 0.3 is 0 Å². The maximum absolute atomic E-state index is 13.8. The minimum Gasteiger partial charge on any atom is -0.351 e. The molecule has 0 aromatic heterocycles. The molecule has 0 aliphatic rings. The third kappa shape index (κ3) is 4.25. The second-order valence-electron chi connectivity index (χ2n) is 4.10. The van der Waals surface area contributed by atoms with Gasteiger partial charge in [-0.25, -0.2) is 8.78 Å². The SMILES string of the molecule is CCOC(CNC(=O)c1c(F)ccc(C)c1F)OCC. The lowest BCUT2D eigenvalue weighted by atomic mass is 10.1. The molecule has 1 rings (SSSR count). The topological polar surface area (TPSA) is 47.6 Å². The summed E-state index contributed by atoms with van der Waals surface area (Å²) in [5.74, 6) is -2.57. The van der Waals surface area contributed by atoms with Crippen LogP contribution in [0.25, 0.3) is 0 Å². The molecular formula is C14H19F2NO3. The van der Waals surface area contributed by atoms with Gasteiger partial charge in [0, 0.05) is 13.2 Å². The zero-order valence-corrected chi connectivity index (χ0v) is 11.8. The Morgan fingerprint density at radius 2 is 1.85 bits per heavy atom. The number of ether oxygens (including phenoxy) is 2. The lowest BCUT2D eigenvalue weighted by Gasteiger charge is -2.17. The number of carbonyl (C=O) groups excluding carboxylic acids is 1. The van der Waals surface area contributed by atoms with Crippen LogP contribution in [0.3, 0.4) is 0 Å². The zero-order chi connectivity index (χ0) is 15.1. The van der Waals surface area contributed by atoms with Crippen molar-refractivity contribution in [1.82, 2.24) is 5.32 Å². The van der Waals surface area contributed by atoms with E-state index in [9.17, 15) is 13.6 Å². The van der Waals surface area contributed by atoms with E-state index >= 15 is 0 Å². The van der Waals surface area contributed by atoms with Crippen LogP contribution < -0.4 is 5.32 Å². The molecule has 6 heteroatoms. The van der Waals surface area contributed by atoms with Crippen LogP contribution in [-0.4, -0.2) is 32.0 Å². The summed E-state index contributed by atoms with van der Waals surface area (Å²) >= 11 is 0. The summed E-state index contributed by atoms with van der Waals surface area (Å²) in [5.41, 5.74) is -0.375. The molecule has 0 heterocycles. The molecule has 0 saturated carbocycles. The molecule has 1 aromatic rings. The van der Waals surface area contributed by atoms with E-state index in [1.807, 2.05) is 0 Å². The number of halogens is 2. The summed E-state index contributed by atoms with van der Waals surface area (Å²) in [6.45, 7) is 5.88. The van der Waals surface area contributed by atoms with E-state index in [1.54, 1.807) is 13.8 Å². The Hall–Kier alpha value is -1.53. The maximum Gasteiger partial charge on any atom is 0.257 e. The van der Waals surface area contributed by atoms with Gasteiger partial charge in [0.05, 0.1) is 6.54 Å². The Labute approximate surface area is 117 Å². The largest absolute Gasteiger partial charge is 0.351 e. The highest BCUT2D eigenvalue weighted by molar-refractivity contribution is 5.94. The average molecular weight is 287 g/mol. The second-order valence-corrected chi connectivity index (χ2v) is 4.10. The van der Waals surface area contributed by atoms with Gasteiger partial charge in [0.25, 0.3) is 5.91 Å². The second kappa shape index (κ2) is 7.91. The summed E-state index contributed by atoms with van der Waals surface area (Å²) in [7, 11) is 0. The molecule has 0 radical (unpaired) electrons. The molecule has 0 saturated heterocycles. The van der Waals surface area contributed by atoms with Gasteiger partial charge in [-0.15, -0.1) is 0 Å². The van der Waals surface area contributed by atoms with E-state index in [-0.39, 0.29) is 12.1 Å². The van der Waals surface area contributed by atoms with Gasteiger partial charge in [-0.1, -0.05) is 6.07 Å². The molecule has 0 spiro atoms. The van der Waals surface area contributed by atoms with Crippen LogP contribution in [0.15, 0.2) is 12.1 Å². The zero-order valence-electron chi connectivity index (χ0n) is 11.8. The molecule has 4 nitrogen and oxygen atoms in total. The molecule has 0 bridgehead atoms. The standard InChI is InChI=1S/C14H19F2NO3/c1-4-19-11(20-5-2)8-17-14(18)12-10(15)7-6-9(3)13(12)16/h6-7,11H,4-5,8H2,1-3H3,(H,17,18). The van der Waals surface area contributed by atoms with Crippen LogP contribution in [0.5, 0.6) is 0 Å². The van der Waals surface area contributed by atoms with Crippen molar-refractivity contribution in [2.45, 2.75) is 27.1 Å². The van der Waals surface area contributed by atoms with Gasteiger partial charge in [0.1, 0.15) is 17.2 Å². The molecule has 0 aliphatic heterocycles. The van der Waals surface area contributed by atoms with Crippen LogP contribution >= 0.6 is 0 Å². The minimum atomic E-state index is -0.894. The minimum absolute atomic E-state index is 0.0212. The van der Waals surface area contributed by atoms with Crippen molar-refractivity contribution < 1.29 is 23.0 Å². The number of amides is 1. The van der Waals surface area contributed by atoms with Crippen molar-refractivity contribution >= 4 is 5.91 Å². The van der Waals surface area contributed by atoms with Crippen molar-refractivity contribution in [3.63, 3.8) is 0 Å². The normalized spacial score (nSPS) is 10.9. The van der Waals surface area contributed by atoms with Gasteiger partial charge in [0.2, 0.25) is 0 Å². The smallest absolute Gasteiger partial charge is 0.257 e. The average Bonchev–Trinajstić information content (AvgIpc) is 2.41. The number of nitrogens with one attached hydrogen (secondary N) is 1. The molecule has 1 amide bonds. The van der Waals surface area contributed by atoms with Crippen molar-refractivity contribution in [1.29, 1.82) is 0 Å². The van der Waals surface area contributed by atoms with Crippen LogP contribution in [-0.2, 0) is 9.47 Å². The Bertz CT molecular complexity index is 460. The Morgan fingerprint density at radius 1 is 1.25 bits per heavy atom. The predicted molar refractivity (Wildman–Crippen MR) is 70.5 cm³/mol. The van der Waals surface area contributed by atoms with Gasteiger partial charge in [0.15, 0.2) is 6.29 Å². The maximum atomic E-state index is 13.8. The summed E-state index contributed by atoms with van der Waals surface area (Å²) < 4.78 is 37.8. The lowest BCUT2D eigenvalue weighted by Crippen LogP contribution is -2.36. The third-order valence-corrected chi connectivity index (χ3v) is 2.65. The summed E-state index contributed by atoms with van der Waals surface area (Å²) in [4.78, 5) is 11.8.